The van der Waals surface area contributed by atoms with Crippen molar-refractivity contribution in [1.29, 1.82) is 0 Å². The Bertz CT molecular complexity index is 893. The molecule has 0 aliphatic carbocycles. The van der Waals surface area contributed by atoms with Crippen LogP contribution in [0.2, 0.25) is 0 Å². The fourth-order valence-electron chi connectivity index (χ4n) is 2.40. The van der Waals surface area contributed by atoms with E-state index in [4.69, 9.17) is 0 Å². The number of pyridine rings is 1. The smallest absolute Gasteiger partial charge is 0.290 e. The van der Waals surface area contributed by atoms with E-state index in [0.29, 0.717) is 16.8 Å². The maximum atomic E-state index is 13.1. The number of aromatic nitrogens is 1. The summed E-state index contributed by atoms with van der Waals surface area (Å²) < 4.78 is 14.8. The Balaban J connectivity index is 1.64. The molecule has 0 atom stereocenters. The summed E-state index contributed by atoms with van der Waals surface area (Å²) in [4.78, 5) is 24.3. The summed E-state index contributed by atoms with van der Waals surface area (Å²) in [5.41, 5.74) is 1.57. The van der Waals surface area contributed by atoms with Gasteiger partial charge in [0.05, 0.1) is 0 Å². The first-order valence-corrected chi connectivity index (χ1v) is 7.76. The van der Waals surface area contributed by atoms with Crippen LogP contribution in [-0.2, 0) is 11.3 Å². The summed E-state index contributed by atoms with van der Waals surface area (Å²) in [6.45, 7) is 0.0658. The van der Waals surface area contributed by atoms with Crippen molar-refractivity contribution >= 4 is 17.4 Å². The van der Waals surface area contributed by atoms with Gasteiger partial charge in [0, 0.05) is 28.9 Å². The van der Waals surface area contributed by atoms with Gasteiger partial charge in [0.25, 0.3) is 5.91 Å². The fraction of sp³-hybridized carbons (Fsp3) is 0.0500. The van der Waals surface area contributed by atoms with Gasteiger partial charge in [0.1, 0.15) is 5.82 Å². The highest BCUT2D eigenvalue weighted by molar-refractivity contribution is 6.08. The van der Waals surface area contributed by atoms with Crippen LogP contribution in [0.5, 0.6) is 0 Å². The van der Waals surface area contributed by atoms with Crippen molar-refractivity contribution in [3.63, 3.8) is 0 Å². The molecule has 0 spiro atoms. The van der Waals surface area contributed by atoms with E-state index in [2.05, 4.69) is 5.32 Å². The Labute approximate surface area is 144 Å². The standard InChI is InChI=1S/C20H15FN2O2/c21-17-7-4-8-18(13-17)22-19(24)14-23-11-9-16(10-12-23)20(25)15-5-2-1-3-6-15/h1-13H,14H2/p+1. The second kappa shape index (κ2) is 7.49. The highest BCUT2D eigenvalue weighted by Crippen LogP contribution is 2.09. The first kappa shape index (κ1) is 16.5. The van der Waals surface area contributed by atoms with Gasteiger partial charge in [-0.3, -0.25) is 9.59 Å². The molecule has 3 rings (SSSR count). The monoisotopic (exact) mass is 335 g/mol. The molecule has 1 aromatic heterocycles. The third kappa shape index (κ3) is 4.35. The third-order valence-corrected chi connectivity index (χ3v) is 3.62. The predicted molar refractivity (Wildman–Crippen MR) is 91.5 cm³/mol. The van der Waals surface area contributed by atoms with Gasteiger partial charge in [-0.05, 0) is 18.2 Å². The Morgan fingerprint density at radius 3 is 2.24 bits per heavy atom. The largest absolute Gasteiger partial charge is 0.320 e. The quantitative estimate of drug-likeness (QED) is 0.576. The molecule has 0 fully saturated rings. The number of nitrogens with zero attached hydrogens (tertiary/aromatic N) is 1. The minimum atomic E-state index is -0.408. The van der Waals surface area contributed by atoms with Crippen LogP contribution in [0.4, 0.5) is 10.1 Å². The lowest BCUT2D eigenvalue weighted by Crippen LogP contribution is -2.39. The average molecular weight is 335 g/mol. The van der Waals surface area contributed by atoms with Gasteiger partial charge in [-0.2, -0.15) is 4.57 Å². The SMILES string of the molecule is O=C(C[n+]1ccc(C(=O)c2ccccc2)cc1)Nc1cccc(F)c1. The van der Waals surface area contributed by atoms with Crippen LogP contribution in [0.1, 0.15) is 15.9 Å². The lowest BCUT2D eigenvalue weighted by atomic mass is 10.0. The average Bonchev–Trinajstić information content (AvgIpc) is 2.62. The van der Waals surface area contributed by atoms with Gasteiger partial charge in [-0.1, -0.05) is 36.4 Å². The van der Waals surface area contributed by atoms with Crippen LogP contribution in [-0.4, -0.2) is 11.7 Å². The van der Waals surface area contributed by atoms with E-state index in [1.165, 1.54) is 18.2 Å². The molecule has 5 heteroatoms. The molecular weight excluding hydrogens is 319 g/mol. The van der Waals surface area contributed by atoms with Crippen LogP contribution < -0.4 is 9.88 Å². The zero-order chi connectivity index (χ0) is 17.6. The second-order valence-corrected chi connectivity index (χ2v) is 5.51. The Morgan fingerprint density at radius 1 is 0.880 bits per heavy atom. The molecule has 0 bridgehead atoms. The van der Waals surface area contributed by atoms with Crippen LogP contribution in [0, 0.1) is 5.82 Å². The molecule has 124 valence electrons. The maximum absolute atomic E-state index is 13.1. The number of hydrogen-bond donors (Lipinski definition) is 1. The molecule has 25 heavy (non-hydrogen) atoms. The van der Waals surface area contributed by atoms with Crippen molar-refractivity contribution in [1.82, 2.24) is 0 Å². The zero-order valence-electron chi connectivity index (χ0n) is 13.4. The van der Waals surface area contributed by atoms with E-state index in [-0.39, 0.29) is 18.2 Å². The number of anilines is 1. The number of hydrogen-bond acceptors (Lipinski definition) is 2. The minimum Gasteiger partial charge on any atom is -0.320 e. The van der Waals surface area contributed by atoms with Crippen molar-refractivity contribution in [2.45, 2.75) is 6.54 Å². The summed E-state index contributed by atoms with van der Waals surface area (Å²) in [5.74, 6) is -0.760. The van der Waals surface area contributed by atoms with Gasteiger partial charge in [-0.15, -0.1) is 0 Å². The number of rotatable bonds is 5. The predicted octanol–water partition coefficient (Wildman–Crippen LogP) is 2.98. The highest BCUT2D eigenvalue weighted by atomic mass is 19.1. The summed E-state index contributed by atoms with van der Waals surface area (Å²) in [6, 6.07) is 18.1. The van der Waals surface area contributed by atoms with E-state index in [0.717, 1.165) is 0 Å². The number of carbonyl (C=O) groups excluding carboxylic acids is 2. The summed E-state index contributed by atoms with van der Waals surface area (Å²) >= 11 is 0. The molecule has 0 saturated heterocycles. The van der Waals surface area contributed by atoms with Crippen molar-refractivity contribution in [2.24, 2.45) is 0 Å². The Morgan fingerprint density at radius 2 is 1.56 bits per heavy atom. The Kier molecular flexibility index (Phi) is 4.95. The van der Waals surface area contributed by atoms with Gasteiger partial charge in [-0.25, -0.2) is 4.39 Å². The fourth-order valence-corrected chi connectivity index (χ4v) is 2.40. The lowest BCUT2D eigenvalue weighted by Gasteiger charge is -2.03. The molecule has 0 unspecified atom stereocenters. The van der Waals surface area contributed by atoms with Crippen LogP contribution in [0.3, 0.4) is 0 Å². The number of benzene rings is 2. The summed E-state index contributed by atoms with van der Waals surface area (Å²) in [7, 11) is 0. The molecule has 0 aliphatic rings. The zero-order valence-corrected chi connectivity index (χ0v) is 13.4. The van der Waals surface area contributed by atoms with E-state index in [1.807, 2.05) is 18.2 Å². The van der Waals surface area contributed by atoms with Crippen molar-refractivity contribution in [2.75, 3.05) is 5.32 Å². The van der Waals surface area contributed by atoms with Gasteiger partial charge >= 0.3 is 0 Å². The molecular formula is C20H16FN2O2+. The lowest BCUT2D eigenvalue weighted by molar-refractivity contribution is -0.684. The van der Waals surface area contributed by atoms with Crippen LogP contribution >= 0.6 is 0 Å². The number of halogens is 1. The molecule has 4 nitrogen and oxygen atoms in total. The van der Waals surface area contributed by atoms with Crippen LogP contribution in [0.15, 0.2) is 79.1 Å². The number of ketones is 1. The number of amides is 1. The highest BCUT2D eigenvalue weighted by Gasteiger charge is 2.13. The van der Waals surface area contributed by atoms with Crippen molar-refractivity contribution < 1.29 is 18.5 Å². The third-order valence-electron chi connectivity index (χ3n) is 3.62. The van der Waals surface area contributed by atoms with Gasteiger partial charge in [0.15, 0.2) is 18.2 Å². The maximum Gasteiger partial charge on any atom is 0.290 e. The van der Waals surface area contributed by atoms with Crippen molar-refractivity contribution in [3.05, 3.63) is 96.1 Å². The Hall–Kier alpha value is -3.34. The second-order valence-electron chi connectivity index (χ2n) is 5.51. The number of nitrogens with one attached hydrogen (secondary N) is 1. The normalized spacial score (nSPS) is 10.3. The first-order valence-electron chi connectivity index (χ1n) is 7.76. The molecule has 1 amide bonds. The molecule has 2 aromatic carbocycles. The topological polar surface area (TPSA) is 50.0 Å². The minimum absolute atomic E-state index is 0.0658. The van der Waals surface area contributed by atoms with Crippen molar-refractivity contribution in [3.8, 4) is 0 Å². The summed E-state index contributed by atoms with van der Waals surface area (Å²) in [6.07, 6.45) is 3.34. The molecule has 0 aliphatic heterocycles. The molecule has 1 heterocycles. The number of carbonyl (C=O) groups is 2. The summed E-state index contributed by atoms with van der Waals surface area (Å²) in [5, 5.41) is 2.63. The van der Waals surface area contributed by atoms with Gasteiger partial charge < -0.3 is 5.32 Å². The van der Waals surface area contributed by atoms with E-state index >= 15 is 0 Å². The van der Waals surface area contributed by atoms with Crippen LogP contribution in [0.25, 0.3) is 0 Å². The van der Waals surface area contributed by atoms with E-state index in [9.17, 15) is 14.0 Å². The molecule has 0 saturated carbocycles. The molecule has 1 N–H and O–H groups in total. The van der Waals surface area contributed by atoms with Gasteiger partial charge in [0.2, 0.25) is 6.54 Å². The van der Waals surface area contributed by atoms with E-state index < -0.39 is 5.82 Å². The molecule has 3 aromatic rings. The molecule has 0 radical (unpaired) electrons. The first-order chi connectivity index (χ1) is 12.1. The van der Waals surface area contributed by atoms with E-state index in [1.54, 1.807) is 47.3 Å².